The Bertz CT molecular complexity index is 123. The van der Waals surface area contributed by atoms with Crippen molar-refractivity contribution in [3.05, 3.63) is 12.7 Å². The zero-order valence-electron chi connectivity index (χ0n) is 6.39. The maximum atomic E-state index is 10.5. The number of methoxy groups -OCH3 is 1. The van der Waals surface area contributed by atoms with Crippen molar-refractivity contribution in [1.29, 1.82) is 0 Å². The minimum Gasteiger partial charge on any atom is -0.453 e. The highest BCUT2D eigenvalue weighted by molar-refractivity contribution is 5.66. The normalized spacial score (nSPS) is 11.8. The molecule has 58 valence electrons. The van der Waals surface area contributed by atoms with E-state index in [0.717, 1.165) is 0 Å². The molecule has 0 saturated heterocycles. The Morgan fingerprint density at radius 1 is 1.90 bits per heavy atom. The van der Waals surface area contributed by atoms with Crippen molar-refractivity contribution in [1.82, 2.24) is 5.32 Å². The van der Waals surface area contributed by atoms with Crippen LogP contribution < -0.4 is 5.32 Å². The van der Waals surface area contributed by atoms with Gasteiger partial charge in [0.05, 0.1) is 7.11 Å². The molecule has 1 atom stereocenters. The molecule has 0 aromatic heterocycles. The summed E-state index contributed by atoms with van der Waals surface area (Å²) in [6.45, 7) is 6.11. The molecule has 0 heterocycles. The summed E-state index contributed by atoms with van der Waals surface area (Å²) < 4.78 is 4.36. The fourth-order valence-corrected chi connectivity index (χ4v) is 0.400. The molecular formula is C7H13NO2. The molecule has 1 N–H and O–H groups in total. The van der Waals surface area contributed by atoms with Crippen LogP contribution in [0.4, 0.5) is 4.79 Å². The van der Waals surface area contributed by atoms with Gasteiger partial charge in [-0.3, -0.25) is 0 Å². The summed E-state index contributed by atoms with van der Waals surface area (Å²) in [6.07, 6.45) is 1.38. The third kappa shape index (κ3) is 3.95. The van der Waals surface area contributed by atoms with E-state index < -0.39 is 6.09 Å². The summed E-state index contributed by atoms with van der Waals surface area (Å²) in [5, 5.41) is 2.55. The summed E-state index contributed by atoms with van der Waals surface area (Å²) in [4.78, 5) is 10.5. The minimum absolute atomic E-state index is 0.291. The van der Waals surface area contributed by atoms with E-state index >= 15 is 0 Å². The molecule has 0 aromatic rings. The Balaban J connectivity index is 3.34. The molecule has 0 aliphatic carbocycles. The second kappa shape index (κ2) is 4.85. The van der Waals surface area contributed by atoms with Gasteiger partial charge in [-0.15, -0.1) is 6.58 Å². The van der Waals surface area contributed by atoms with Crippen molar-refractivity contribution in [3.63, 3.8) is 0 Å². The van der Waals surface area contributed by atoms with E-state index in [1.807, 2.05) is 6.92 Å². The van der Waals surface area contributed by atoms with Crippen LogP contribution in [0.25, 0.3) is 0 Å². The van der Waals surface area contributed by atoms with Crippen molar-refractivity contribution >= 4 is 6.09 Å². The first kappa shape index (κ1) is 9.01. The summed E-state index contributed by atoms with van der Waals surface area (Å²) in [7, 11) is 1.34. The first-order chi connectivity index (χ1) is 4.70. The Hall–Kier alpha value is -0.990. The van der Waals surface area contributed by atoms with Gasteiger partial charge in [-0.05, 0) is 5.92 Å². The van der Waals surface area contributed by atoms with Gasteiger partial charge in [0, 0.05) is 6.54 Å². The van der Waals surface area contributed by atoms with Crippen LogP contribution in [0.15, 0.2) is 12.7 Å². The molecule has 1 amide bonds. The van der Waals surface area contributed by atoms with E-state index in [1.54, 1.807) is 6.08 Å². The quantitative estimate of drug-likeness (QED) is 0.602. The molecule has 0 fully saturated rings. The average molecular weight is 143 g/mol. The zero-order valence-corrected chi connectivity index (χ0v) is 6.39. The fourth-order valence-electron chi connectivity index (χ4n) is 0.400. The van der Waals surface area contributed by atoms with Gasteiger partial charge in [-0.2, -0.15) is 0 Å². The first-order valence-corrected chi connectivity index (χ1v) is 3.15. The molecule has 3 nitrogen and oxygen atoms in total. The Labute approximate surface area is 61.1 Å². The van der Waals surface area contributed by atoms with E-state index in [0.29, 0.717) is 12.5 Å². The van der Waals surface area contributed by atoms with Crippen molar-refractivity contribution in [2.75, 3.05) is 13.7 Å². The van der Waals surface area contributed by atoms with Gasteiger partial charge >= 0.3 is 6.09 Å². The molecule has 0 radical (unpaired) electrons. The number of hydrogen-bond acceptors (Lipinski definition) is 2. The number of ether oxygens (including phenoxy) is 1. The molecule has 10 heavy (non-hydrogen) atoms. The Kier molecular flexibility index (Phi) is 4.37. The topological polar surface area (TPSA) is 38.3 Å². The maximum Gasteiger partial charge on any atom is 0.406 e. The van der Waals surface area contributed by atoms with Crippen molar-refractivity contribution in [2.24, 2.45) is 5.92 Å². The van der Waals surface area contributed by atoms with Crippen LogP contribution in [0.5, 0.6) is 0 Å². The number of rotatable bonds is 3. The summed E-state index contributed by atoms with van der Waals surface area (Å²) in [6, 6.07) is 0. The summed E-state index contributed by atoms with van der Waals surface area (Å²) in [5.41, 5.74) is 0. The number of hydrogen-bond donors (Lipinski definition) is 1. The lowest BCUT2D eigenvalue weighted by molar-refractivity contribution is 0.170. The largest absolute Gasteiger partial charge is 0.453 e. The number of carbonyl (C=O) groups is 1. The molecular weight excluding hydrogens is 130 g/mol. The SMILES string of the molecule is C=CC(C)CNC(=O)OC. The van der Waals surface area contributed by atoms with E-state index in [2.05, 4.69) is 16.6 Å². The number of nitrogens with one attached hydrogen (secondary N) is 1. The summed E-state index contributed by atoms with van der Waals surface area (Å²) in [5.74, 6) is 0.291. The molecule has 0 saturated carbocycles. The maximum absolute atomic E-state index is 10.5. The summed E-state index contributed by atoms with van der Waals surface area (Å²) >= 11 is 0. The van der Waals surface area contributed by atoms with Crippen LogP contribution in [-0.4, -0.2) is 19.7 Å². The number of carbonyl (C=O) groups excluding carboxylic acids is 1. The molecule has 0 aliphatic rings. The third-order valence-corrected chi connectivity index (χ3v) is 1.16. The third-order valence-electron chi connectivity index (χ3n) is 1.16. The molecule has 0 aliphatic heterocycles. The molecule has 0 rings (SSSR count). The monoisotopic (exact) mass is 143 g/mol. The molecule has 1 unspecified atom stereocenters. The van der Waals surface area contributed by atoms with E-state index in [-0.39, 0.29) is 0 Å². The van der Waals surface area contributed by atoms with Crippen LogP contribution in [0, 0.1) is 5.92 Å². The standard InChI is InChI=1S/C7H13NO2/c1-4-6(2)5-8-7(9)10-3/h4,6H,1,5H2,2-3H3,(H,8,9). The van der Waals surface area contributed by atoms with Gasteiger partial charge in [0.15, 0.2) is 0 Å². The van der Waals surface area contributed by atoms with Crippen LogP contribution in [0.2, 0.25) is 0 Å². The molecule has 3 heteroatoms. The fraction of sp³-hybridized carbons (Fsp3) is 0.571. The zero-order chi connectivity index (χ0) is 7.98. The lowest BCUT2D eigenvalue weighted by Crippen LogP contribution is -2.27. The van der Waals surface area contributed by atoms with Gasteiger partial charge in [0.2, 0.25) is 0 Å². The first-order valence-electron chi connectivity index (χ1n) is 3.15. The van der Waals surface area contributed by atoms with Gasteiger partial charge in [-0.25, -0.2) is 4.79 Å². The lowest BCUT2D eigenvalue weighted by Gasteiger charge is -2.05. The highest BCUT2D eigenvalue weighted by atomic mass is 16.5. The van der Waals surface area contributed by atoms with E-state index in [4.69, 9.17) is 0 Å². The predicted molar refractivity (Wildman–Crippen MR) is 39.8 cm³/mol. The van der Waals surface area contributed by atoms with Gasteiger partial charge in [-0.1, -0.05) is 13.0 Å². The highest BCUT2D eigenvalue weighted by Gasteiger charge is 1.99. The van der Waals surface area contributed by atoms with Gasteiger partial charge in [0.25, 0.3) is 0 Å². The Morgan fingerprint density at radius 2 is 2.50 bits per heavy atom. The van der Waals surface area contributed by atoms with E-state index in [1.165, 1.54) is 7.11 Å². The van der Waals surface area contributed by atoms with Crippen LogP contribution >= 0.6 is 0 Å². The molecule has 0 bridgehead atoms. The highest BCUT2D eigenvalue weighted by Crippen LogP contribution is 1.91. The van der Waals surface area contributed by atoms with Gasteiger partial charge < -0.3 is 10.1 Å². The Morgan fingerprint density at radius 3 is 2.90 bits per heavy atom. The number of amides is 1. The second-order valence-electron chi connectivity index (χ2n) is 2.09. The minimum atomic E-state index is -0.395. The van der Waals surface area contributed by atoms with Crippen molar-refractivity contribution in [2.45, 2.75) is 6.92 Å². The lowest BCUT2D eigenvalue weighted by atomic mass is 10.2. The van der Waals surface area contributed by atoms with Crippen molar-refractivity contribution in [3.8, 4) is 0 Å². The van der Waals surface area contributed by atoms with Crippen molar-refractivity contribution < 1.29 is 9.53 Å². The molecule has 0 spiro atoms. The van der Waals surface area contributed by atoms with Crippen LogP contribution in [-0.2, 0) is 4.74 Å². The predicted octanol–water partition coefficient (Wildman–Crippen LogP) is 1.16. The molecule has 0 aromatic carbocycles. The van der Waals surface area contributed by atoms with Crippen LogP contribution in [0.3, 0.4) is 0 Å². The second-order valence-corrected chi connectivity index (χ2v) is 2.09. The van der Waals surface area contributed by atoms with Crippen LogP contribution in [0.1, 0.15) is 6.92 Å². The van der Waals surface area contributed by atoms with E-state index in [9.17, 15) is 4.79 Å². The average Bonchev–Trinajstić information content (AvgIpc) is 1.99. The number of alkyl carbamates (subject to hydrolysis) is 1. The van der Waals surface area contributed by atoms with Gasteiger partial charge in [0.1, 0.15) is 0 Å². The smallest absolute Gasteiger partial charge is 0.406 e.